The lowest BCUT2D eigenvalue weighted by molar-refractivity contribution is -0.299. The summed E-state index contributed by atoms with van der Waals surface area (Å²) < 4.78 is 12.0. The molecule has 5 aliphatic rings. The van der Waals surface area contributed by atoms with Crippen LogP contribution in [0.5, 0.6) is 0 Å². The molecule has 4 nitrogen and oxygen atoms in total. The number of ketones is 1. The van der Waals surface area contributed by atoms with Crippen molar-refractivity contribution >= 4 is 5.78 Å². The number of Topliss-reactive ketones (excluding diaryl/α,β-unsaturated/α-hetero) is 1. The summed E-state index contributed by atoms with van der Waals surface area (Å²) in [5.74, 6) is 1.27. The van der Waals surface area contributed by atoms with Gasteiger partial charge in [0.2, 0.25) is 0 Å². The van der Waals surface area contributed by atoms with Gasteiger partial charge >= 0.3 is 0 Å². The Hall–Kier alpha value is -0.710. The fourth-order valence-corrected chi connectivity index (χ4v) is 8.44. The highest BCUT2D eigenvalue weighted by atomic mass is 16.7. The smallest absolute Gasteiger partial charge is 0.195 e. The first-order chi connectivity index (χ1) is 13.1. The van der Waals surface area contributed by atoms with E-state index in [4.69, 9.17) is 9.47 Å². The first kappa shape index (κ1) is 19.3. The molecule has 28 heavy (non-hydrogen) atoms. The van der Waals surface area contributed by atoms with Crippen LogP contribution >= 0.6 is 0 Å². The maximum absolute atomic E-state index is 12.2. The Bertz CT molecular complexity index is 735. The van der Waals surface area contributed by atoms with Crippen molar-refractivity contribution in [2.45, 2.75) is 90.4 Å². The maximum atomic E-state index is 12.2. The lowest BCUT2D eigenvalue weighted by atomic mass is 9.45. The van der Waals surface area contributed by atoms with E-state index < -0.39 is 11.4 Å². The lowest BCUT2D eigenvalue weighted by Crippen LogP contribution is -2.63. The molecule has 6 atom stereocenters. The number of allylic oxidation sites excluding steroid dienone is 2. The second-order valence-corrected chi connectivity index (χ2v) is 11.0. The van der Waals surface area contributed by atoms with Crippen molar-refractivity contribution in [2.75, 3.05) is 13.2 Å². The zero-order valence-electron chi connectivity index (χ0n) is 18.0. The van der Waals surface area contributed by atoms with Gasteiger partial charge in [-0.25, -0.2) is 0 Å². The molecule has 4 aliphatic carbocycles. The quantitative estimate of drug-likeness (QED) is 0.677. The molecule has 4 heteroatoms. The second-order valence-electron chi connectivity index (χ2n) is 11.0. The van der Waals surface area contributed by atoms with Gasteiger partial charge in [-0.1, -0.05) is 25.0 Å². The molecule has 0 unspecified atom stereocenters. The highest BCUT2D eigenvalue weighted by molar-refractivity contribution is 5.83. The van der Waals surface area contributed by atoms with E-state index in [-0.39, 0.29) is 10.8 Å². The molecular weight excluding hydrogens is 352 g/mol. The molecule has 1 N–H and O–H groups in total. The van der Waals surface area contributed by atoms with Crippen molar-refractivity contribution in [3.05, 3.63) is 11.1 Å². The summed E-state index contributed by atoms with van der Waals surface area (Å²) >= 11 is 0. The number of fused-ring (bicyclic) bond motifs is 5. The van der Waals surface area contributed by atoms with Crippen molar-refractivity contribution in [2.24, 2.45) is 28.6 Å². The molecule has 4 fully saturated rings. The molecule has 0 spiro atoms. The normalized spacial score (nSPS) is 50.3. The number of aliphatic hydroxyl groups is 1. The van der Waals surface area contributed by atoms with Gasteiger partial charge in [-0.3, -0.25) is 4.79 Å². The molecular formula is C24H36O4. The number of hydrogen-bond donors (Lipinski definition) is 1. The fraction of sp³-hybridized carbons (Fsp3) is 0.875. The van der Waals surface area contributed by atoms with Gasteiger partial charge < -0.3 is 14.6 Å². The minimum absolute atomic E-state index is 0.174. The molecule has 0 bridgehead atoms. The minimum Gasteiger partial charge on any atom is -0.384 e. The van der Waals surface area contributed by atoms with E-state index in [1.807, 2.05) is 6.92 Å². The molecule has 156 valence electrons. The topological polar surface area (TPSA) is 55.8 Å². The van der Waals surface area contributed by atoms with Gasteiger partial charge in [0.25, 0.3) is 0 Å². The van der Waals surface area contributed by atoms with Gasteiger partial charge in [-0.15, -0.1) is 0 Å². The van der Waals surface area contributed by atoms with Crippen LogP contribution in [0.4, 0.5) is 0 Å². The third-order valence-electron chi connectivity index (χ3n) is 10.0. The summed E-state index contributed by atoms with van der Waals surface area (Å²) in [7, 11) is 0. The van der Waals surface area contributed by atoms with Crippen LogP contribution in [0.3, 0.4) is 0 Å². The van der Waals surface area contributed by atoms with Crippen molar-refractivity contribution in [1.82, 2.24) is 0 Å². The SMILES string of the molecule is CC1=C2CC(=O)CC[C@]2(C)[C@H]2CC[C@@]3(C)[C@@H](CC[C@]3(O)C3(C)OCCO3)[C@@H]2C1. The number of carbonyl (C=O) groups is 1. The standard InChI is InChI=1S/C24H36O4/c1-15-13-17-18(21(2)8-5-16(25)14-20(15)21)6-9-22(3)19(17)7-10-24(22,26)23(4)27-11-12-28-23/h17-19,26H,5-14H2,1-4H3/t17-,18+,19+,21-,22+,24-/m1/s1. The predicted molar refractivity (Wildman–Crippen MR) is 107 cm³/mol. The summed E-state index contributed by atoms with van der Waals surface area (Å²) in [6, 6.07) is 0. The van der Waals surface area contributed by atoms with Crippen LogP contribution in [0.1, 0.15) is 79.1 Å². The van der Waals surface area contributed by atoms with Crippen molar-refractivity contribution in [3.63, 3.8) is 0 Å². The summed E-state index contributed by atoms with van der Waals surface area (Å²) in [5, 5.41) is 12.0. The van der Waals surface area contributed by atoms with Crippen LogP contribution in [0.25, 0.3) is 0 Å². The third kappa shape index (κ3) is 2.20. The molecule has 5 rings (SSSR count). The Labute approximate surface area is 169 Å². The zero-order chi connectivity index (χ0) is 19.9. The van der Waals surface area contributed by atoms with Crippen LogP contribution in [-0.2, 0) is 14.3 Å². The van der Waals surface area contributed by atoms with E-state index in [2.05, 4.69) is 20.8 Å². The molecule has 1 aliphatic heterocycles. The Morgan fingerprint density at radius 2 is 1.68 bits per heavy atom. The highest BCUT2D eigenvalue weighted by Crippen LogP contribution is 2.69. The molecule has 0 amide bonds. The van der Waals surface area contributed by atoms with Gasteiger partial charge in [-0.05, 0) is 75.5 Å². The largest absolute Gasteiger partial charge is 0.384 e. The van der Waals surface area contributed by atoms with Gasteiger partial charge in [0, 0.05) is 18.3 Å². The number of rotatable bonds is 1. The predicted octanol–water partition coefficient (Wildman–Crippen LogP) is 4.40. The van der Waals surface area contributed by atoms with Crippen LogP contribution in [-0.4, -0.2) is 35.5 Å². The summed E-state index contributed by atoms with van der Waals surface area (Å²) in [6.45, 7) is 10.1. The van der Waals surface area contributed by atoms with Crippen LogP contribution in [0.2, 0.25) is 0 Å². The average molecular weight is 389 g/mol. The Morgan fingerprint density at radius 3 is 2.39 bits per heavy atom. The fourth-order valence-electron chi connectivity index (χ4n) is 8.44. The first-order valence-electron chi connectivity index (χ1n) is 11.4. The number of carbonyl (C=O) groups excluding carboxylic acids is 1. The van der Waals surface area contributed by atoms with E-state index in [0.717, 1.165) is 44.9 Å². The van der Waals surface area contributed by atoms with E-state index in [1.165, 1.54) is 11.1 Å². The van der Waals surface area contributed by atoms with E-state index >= 15 is 0 Å². The van der Waals surface area contributed by atoms with Gasteiger partial charge in [0.05, 0.1) is 13.2 Å². The van der Waals surface area contributed by atoms with Gasteiger partial charge in [-0.2, -0.15) is 0 Å². The molecule has 1 heterocycles. The van der Waals surface area contributed by atoms with Crippen LogP contribution < -0.4 is 0 Å². The lowest BCUT2D eigenvalue weighted by Gasteiger charge is -2.60. The van der Waals surface area contributed by atoms with E-state index in [9.17, 15) is 9.90 Å². The third-order valence-corrected chi connectivity index (χ3v) is 10.0. The minimum atomic E-state index is -0.923. The molecule has 0 aromatic rings. The summed E-state index contributed by atoms with van der Waals surface area (Å²) in [5.41, 5.74) is 1.99. The summed E-state index contributed by atoms with van der Waals surface area (Å²) in [6.07, 6.45) is 7.49. The molecule has 1 saturated heterocycles. The maximum Gasteiger partial charge on any atom is 0.195 e. The first-order valence-corrected chi connectivity index (χ1v) is 11.4. The molecule has 0 aromatic carbocycles. The van der Waals surface area contributed by atoms with E-state index in [1.54, 1.807) is 0 Å². The molecule has 0 aromatic heterocycles. The number of hydrogen-bond acceptors (Lipinski definition) is 4. The molecule has 3 saturated carbocycles. The highest BCUT2D eigenvalue weighted by Gasteiger charge is 2.70. The van der Waals surface area contributed by atoms with Crippen molar-refractivity contribution in [3.8, 4) is 0 Å². The van der Waals surface area contributed by atoms with Crippen molar-refractivity contribution in [1.29, 1.82) is 0 Å². The van der Waals surface area contributed by atoms with Gasteiger partial charge in [0.1, 0.15) is 11.4 Å². The van der Waals surface area contributed by atoms with Gasteiger partial charge in [0.15, 0.2) is 5.79 Å². The second kappa shape index (κ2) is 5.92. The Balaban J connectivity index is 1.52. The van der Waals surface area contributed by atoms with Crippen LogP contribution in [0, 0.1) is 28.6 Å². The Kier molecular flexibility index (Phi) is 4.07. The van der Waals surface area contributed by atoms with Crippen LogP contribution in [0.15, 0.2) is 11.1 Å². The Morgan fingerprint density at radius 1 is 1.00 bits per heavy atom. The molecule has 0 radical (unpaired) electrons. The average Bonchev–Trinajstić information content (AvgIpc) is 3.21. The van der Waals surface area contributed by atoms with E-state index in [0.29, 0.717) is 43.2 Å². The van der Waals surface area contributed by atoms with Crippen molar-refractivity contribution < 1.29 is 19.4 Å². The number of ether oxygens (including phenoxy) is 2. The zero-order valence-corrected chi connectivity index (χ0v) is 18.0. The monoisotopic (exact) mass is 388 g/mol. The summed E-state index contributed by atoms with van der Waals surface area (Å²) in [4.78, 5) is 12.2.